The van der Waals surface area contributed by atoms with Gasteiger partial charge in [0.15, 0.2) is 5.96 Å². The Morgan fingerprint density at radius 2 is 1.93 bits per heavy atom. The van der Waals surface area contributed by atoms with Crippen LogP contribution in [0.4, 0.5) is 18.9 Å². The normalized spacial score (nSPS) is 17.1. The molecule has 0 amide bonds. The van der Waals surface area contributed by atoms with E-state index in [4.69, 9.17) is 5.73 Å². The summed E-state index contributed by atoms with van der Waals surface area (Å²) in [6, 6.07) is 9.69. The average Bonchev–Trinajstić information content (AvgIpc) is 3.30. The lowest BCUT2D eigenvalue weighted by Crippen LogP contribution is -2.29. The molecule has 1 aromatic carbocycles. The zero-order valence-corrected chi connectivity index (χ0v) is 15.4. The summed E-state index contributed by atoms with van der Waals surface area (Å²) in [6.45, 7) is 2.62. The molecule has 0 radical (unpaired) electrons. The number of ether oxygens (including phenoxy) is 1. The van der Waals surface area contributed by atoms with Crippen molar-refractivity contribution in [2.45, 2.75) is 25.2 Å². The second-order valence-electron chi connectivity index (χ2n) is 6.20. The maximum atomic E-state index is 12.2. The Morgan fingerprint density at radius 3 is 2.52 bits per heavy atom. The average molecular weight is 398 g/mol. The second-order valence-corrected chi connectivity index (χ2v) is 7.18. The van der Waals surface area contributed by atoms with Gasteiger partial charge in [-0.15, -0.1) is 24.5 Å². The van der Waals surface area contributed by atoms with Crippen molar-refractivity contribution < 1.29 is 17.9 Å². The number of thiophene rings is 1. The lowest BCUT2D eigenvalue weighted by molar-refractivity contribution is -0.274. The molecule has 1 aliphatic heterocycles. The van der Waals surface area contributed by atoms with Crippen LogP contribution in [0.3, 0.4) is 0 Å². The molecule has 0 saturated carbocycles. The molecule has 1 aromatic heterocycles. The van der Waals surface area contributed by atoms with E-state index in [1.165, 1.54) is 42.0 Å². The summed E-state index contributed by atoms with van der Waals surface area (Å²) in [5.74, 6) is -0.0596. The lowest BCUT2D eigenvalue weighted by Gasteiger charge is -2.25. The SMILES string of the molecule is NC(=NCC(c1cccs1)N1CCCC1)Nc1ccc(OC(F)(F)F)cc1. The van der Waals surface area contributed by atoms with Gasteiger partial charge in [0.05, 0.1) is 12.6 Å². The maximum Gasteiger partial charge on any atom is 0.573 e. The molecule has 9 heteroatoms. The number of likely N-dealkylation sites (tertiary alicyclic amines) is 1. The Morgan fingerprint density at radius 1 is 1.22 bits per heavy atom. The van der Waals surface area contributed by atoms with Crippen molar-refractivity contribution in [1.29, 1.82) is 0 Å². The lowest BCUT2D eigenvalue weighted by atomic mass is 10.2. The van der Waals surface area contributed by atoms with E-state index in [1.54, 1.807) is 11.3 Å². The van der Waals surface area contributed by atoms with E-state index in [9.17, 15) is 13.2 Å². The minimum absolute atomic E-state index is 0.190. The third kappa shape index (κ3) is 5.86. The van der Waals surface area contributed by atoms with Gasteiger partial charge in [0.1, 0.15) is 5.75 Å². The predicted molar refractivity (Wildman–Crippen MR) is 101 cm³/mol. The van der Waals surface area contributed by atoms with Gasteiger partial charge in [-0.1, -0.05) is 6.07 Å². The quantitative estimate of drug-likeness (QED) is 0.565. The highest BCUT2D eigenvalue weighted by Gasteiger charge is 2.31. The highest BCUT2D eigenvalue weighted by molar-refractivity contribution is 7.10. The van der Waals surface area contributed by atoms with Gasteiger partial charge in [-0.05, 0) is 61.6 Å². The summed E-state index contributed by atoms with van der Waals surface area (Å²) in [5, 5.41) is 4.95. The molecule has 3 N–H and O–H groups in total. The summed E-state index contributed by atoms with van der Waals surface area (Å²) in [4.78, 5) is 8.10. The van der Waals surface area contributed by atoms with Crippen molar-refractivity contribution in [1.82, 2.24) is 4.90 Å². The molecule has 1 atom stereocenters. The minimum Gasteiger partial charge on any atom is -0.406 e. The number of hydrogen-bond acceptors (Lipinski definition) is 4. The number of nitrogens with zero attached hydrogens (tertiary/aromatic N) is 2. The van der Waals surface area contributed by atoms with Crippen LogP contribution in [0.1, 0.15) is 23.8 Å². The van der Waals surface area contributed by atoms with Gasteiger partial charge >= 0.3 is 6.36 Å². The molecular formula is C18H21F3N4OS. The molecular weight excluding hydrogens is 377 g/mol. The number of benzene rings is 1. The van der Waals surface area contributed by atoms with E-state index in [1.807, 2.05) is 11.4 Å². The van der Waals surface area contributed by atoms with Crippen LogP contribution >= 0.6 is 11.3 Å². The van der Waals surface area contributed by atoms with E-state index in [-0.39, 0.29) is 17.8 Å². The van der Waals surface area contributed by atoms with Crippen LogP contribution in [-0.2, 0) is 0 Å². The smallest absolute Gasteiger partial charge is 0.406 e. The number of nitrogens with two attached hydrogens (primary N) is 1. The highest BCUT2D eigenvalue weighted by atomic mass is 32.1. The molecule has 1 aliphatic rings. The molecule has 0 spiro atoms. The van der Waals surface area contributed by atoms with Gasteiger partial charge in [0.2, 0.25) is 0 Å². The van der Waals surface area contributed by atoms with Crippen molar-refractivity contribution in [3.05, 3.63) is 46.7 Å². The Kier molecular flexibility index (Phi) is 6.22. The fraction of sp³-hybridized carbons (Fsp3) is 0.389. The van der Waals surface area contributed by atoms with Crippen molar-refractivity contribution in [2.24, 2.45) is 10.7 Å². The molecule has 146 valence electrons. The van der Waals surface area contributed by atoms with Crippen LogP contribution in [-0.4, -0.2) is 36.9 Å². The number of hydrogen-bond donors (Lipinski definition) is 2. The van der Waals surface area contributed by atoms with E-state index < -0.39 is 6.36 Å². The van der Waals surface area contributed by atoms with Gasteiger partial charge in [0.25, 0.3) is 0 Å². The van der Waals surface area contributed by atoms with Crippen LogP contribution in [0.25, 0.3) is 0 Å². The van der Waals surface area contributed by atoms with Gasteiger partial charge in [0, 0.05) is 10.6 Å². The van der Waals surface area contributed by atoms with Crippen molar-refractivity contribution >= 4 is 23.0 Å². The first kappa shape index (κ1) is 19.5. The largest absolute Gasteiger partial charge is 0.573 e. The molecule has 2 aromatic rings. The molecule has 27 heavy (non-hydrogen) atoms. The Balaban J connectivity index is 1.61. The van der Waals surface area contributed by atoms with Gasteiger partial charge in [-0.3, -0.25) is 9.89 Å². The third-order valence-electron chi connectivity index (χ3n) is 4.25. The monoisotopic (exact) mass is 398 g/mol. The molecule has 1 fully saturated rings. The zero-order valence-electron chi connectivity index (χ0n) is 14.6. The zero-order chi connectivity index (χ0) is 19.3. The topological polar surface area (TPSA) is 62.9 Å². The molecule has 3 rings (SSSR count). The number of nitrogens with one attached hydrogen (secondary N) is 1. The number of guanidine groups is 1. The standard InChI is InChI=1S/C18H21F3N4OS/c19-18(20,21)26-14-7-5-13(6-8-14)24-17(22)23-12-15(16-4-3-11-27-16)25-9-1-2-10-25/h3-8,11,15H,1-2,9-10,12H2,(H3,22,23,24). The number of anilines is 1. The molecule has 0 bridgehead atoms. The van der Waals surface area contributed by atoms with Crippen LogP contribution in [0.15, 0.2) is 46.8 Å². The van der Waals surface area contributed by atoms with Gasteiger partial charge < -0.3 is 15.8 Å². The summed E-state index contributed by atoms with van der Waals surface area (Å²) in [6.07, 6.45) is -2.33. The van der Waals surface area contributed by atoms with E-state index in [0.717, 1.165) is 13.1 Å². The maximum absolute atomic E-state index is 12.2. The van der Waals surface area contributed by atoms with Gasteiger partial charge in [-0.25, -0.2) is 0 Å². The third-order valence-corrected chi connectivity index (χ3v) is 5.22. The van der Waals surface area contributed by atoms with E-state index in [2.05, 4.69) is 26.0 Å². The second kappa shape index (κ2) is 8.62. The summed E-state index contributed by atoms with van der Waals surface area (Å²) >= 11 is 1.70. The molecule has 1 saturated heterocycles. The molecule has 5 nitrogen and oxygen atoms in total. The Bertz CT molecular complexity index is 741. The molecule has 0 aliphatic carbocycles. The van der Waals surface area contributed by atoms with Crippen molar-refractivity contribution in [2.75, 3.05) is 25.0 Å². The fourth-order valence-electron chi connectivity index (χ4n) is 3.03. The predicted octanol–water partition coefficient (Wildman–Crippen LogP) is 4.21. The van der Waals surface area contributed by atoms with E-state index >= 15 is 0 Å². The molecule has 1 unspecified atom stereocenters. The number of alkyl halides is 3. The Hall–Kier alpha value is -2.26. The fourth-order valence-corrected chi connectivity index (χ4v) is 3.88. The first-order valence-corrected chi connectivity index (χ1v) is 9.49. The van der Waals surface area contributed by atoms with Crippen molar-refractivity contribution in [3.63, 3.8) is 0 Å². The molecule has 2 heterocycles. The first-order chi connectivity index (χ1) is 12.9. The van der Waals surface area contributed by atoms with Crippen LogP contribution in [0.2, 0.25) is 0 Å². The highest BCUT2D eigenvalue weighted by Crippen LogP contribution is 2.29. The van der Waals surface area contributed by atoms with Gasteiger partial charge in [-0.2, -0.15) is 0 Å². The van der Waals surface area contributed by atoms with Crippen LogP contribution < -0.4 is 15.8 Å². The van der Waals surface area contributed by atoms with Crippen LogP contribution in [0, 0.1) is 0 Å². The van der Waals surface area contributed by atoms with Crippen LogP contribution in [0.5, 0.6) is 5.75 Å². The summed E-state index contributed by atoms with van der Waals surface area (Å²) in [7, 11) is 0. The summed E-state index contributed by atoms with van der Waals surface area (Å²) < 4.78 is 40.4. The van der Waals surface area contributed by atoms with Crippen molar-refractivity contribution in [3.8, 4) is 5.75 Å². The minimum atomic E-state index is -4.71. The summed E-state index contributed by atoms with van der Waals surface area (Å²) in [5.41, 5.74) is 6.50. The number of halogens is 3. The number of rotatable bonds is 6. The number of aliphatic imine (C=N–C) groups is 1. The first-order valence-electron chi connectivity index (χ1n) is 8.61. The van der Waals surface area contributed by atoms with E-state index in [0.29, 0.717) is 12.2 Å². The Labute approximate surface area is 159 Å².